The molecule has 0 saturated carbocycles. The first-order valence-corrected chi connectivity index (χ1v) is 9.51. The number of aromatic nitrogens is 4. The second kappa shape index (κ2) is 8.61. The van der Waals surface area contributed by atoms with Crippen LogP contribution in [0, 0.1) is 0 Å². The zero-order chi connectivity index (χ0) is 18.4. The minimum absolute atomic E-state index is 0.222. The van der Waals surface area contributed by atoms with Crippen LogP contribution in [0.1, 0.15) is 65.5 Å². The molecular formula is C19H34N6. The van der Waals surface area contributed by atoms with E-state index < -0.39 is 0 Å². The molecule has 25 heavy (non-hydrogen) atoms. The topological polar surface area (TPSA) is 72.9 Å². The van der Waals surface area contributed by atoms with E-state index in [4.69, 9.17) is 5.73 Å². The maximum Gasteiger partial charge on any atom is 0.222 e. The van der Waals surface area contributed by atoms with Gasteiger partial charge < -0.3 is 15.2 Å². The van der Waals surface area contributed by atoms with Gasteiger partial charge >= 0.3 is 0 Å². The molecule has 0 spiro atoms. The van der Waals surface area contributed by atoms with Crippen LogP contribution in [0.3, 0.4) is 0 Å². The lowest BCUT2D eigenvalue weighted by molar-refractivity contribution is 0.172. The van der Waals surface area contributed by atoms with E-state index in [9.17, 15) is 0 Å². The second-order valence-electron chi connectivity index (χ2n) is 7.90. The van der Waals surface area contributed by atoms with Crippen molar-refractivity contribution in [2.75, 3.05) is 19.3 Å². The predicted molar refractivity (Wildman–Crippen MR) is 105 cm³/mol. The Kier molecular flexibility index (Phi) is 6.76. The molecule has 0 atom stereocenters. The molecule has 0 aromatic carbocycles. The number of hydrogen-bond donors (Lipinski definition) is 1. The Morgan fingerprint density at radius 3 is 2.56 bits per heavy atom. The Balaban J connectivity index is 2.03. The number of fused-ring (bicyclic) bond motifs is 1. The molecule has 2 rings (SSSR count). The van der Waals surface area contributed by atoms with Gasteiger partial charge in [-0.05, 0) is 60.0 Å². The molecule has 0 saturated heterocycles. The van der Waals surface area contributed by atoms with Crippen LogP contribution in [-0.2, 0) is 13.0 Å². The standard InChI is InChI=1S/C19H34N6/c1-6-7-8-11-15-16-17(23-18(20)22-15)21-14-25(16)13-10-9-12-24(5)19(2,3)4/h14H,6-13H2,1-5H3,(H2,20,22,23). The maximum absolute atomic E-state index is 5.86. The lowest BCUT2D eigenvalue weighted by Crippen LogP contribution is -2.38. The fourth-order valence-electron chi connectivity index (χ4n) is 2.93. The average molecular weight is 347 g/mol. The fraction of sp³-hybridized carbons (Fsp3) is 0.737. The van der Waals surface area contributed by atoms with Gasteiger partial charge in [0.1, 0.15) is 5.52 Å². The van der Waals surface area contributed by atoms with Crippen LogP contribution >= 0.6 is 0 Å². The van der Waals surface area contributed by atoms with E-state index in [1.807, 2.05) is 6.33 Å². The highest BCUT2D eigenvalue weighted by molar-refractivity contribution is 5.74. The molecule has 0 amide bonds. The summed E-state index contributed by atoms with van der Waals surface area (Å²) in [5.41, 5.74) is 8.91. The molecule has 2 aromatic rings. The Labute approximate surface area is 151 Å². The van der Waals surface area contributed by atoms with Gasteiger partial charge in [0.15, 0.2) is 5.65 Å². The second-order valence-corrected chi connectivity index (χ2v) is 7.90. The third-order valence-corrected chi connectivity index (χ3v) is 4.87. The zero-order valence-corrected chi connectivity index (χ0v) is 16.5. The van der Waals surface area contributed by atoms with Crippen LogP contribution in [0.15, 0.2) is 6.33 Å². The van der Waals surface area contributed by atoms with Gasteiger partial charge in [-0.2, -0.15) is 4.98 Å². The lowest BCUT2D eigenvalue weighted by atomic mass is 10.1. The van der Waals surface area contributed by atoms with Crippen LogP contribution in [0.4, 0.5) is 5.95 Å². The quantitative estimate of drug-likeness (QED) is 0.702. The normalized spacial score (nSPS) is 12.4. The first kappa shape index (κ1) is 19.6. The van der Waals surface area contributed by atoms with Gasteiger partial charge in [0.25, 0.3) is 0 Å². The highest BCUT2D eigenvalue weighted by atomic mass is 15.2. The largest absolute Gasteiger partial charge is 0.368 e. The lowest BCUT2D eigenvalue weighted by Gasteiger charge is -2.31. The molecule has 2 heterocycles. The van der Waals surface area contributed by atoms with E-state index in [1.54, 1.807) is 0 Å². The monoisotopic (exact) mass is 346 g/mol. The number of nitrogens with two attached hydrogens (primary N) is 1. The van der Waals surface area contributed by atoms with Crippen LogP contribution in [-0.4, -0.2) is 43.6 Å². The van der Waals surface area contributed by atoms with Gasteiger partial charge in [-0.1, -0.05) is 19.8 Å². The summed E-state index contributed by atoms with van der Waals surface area (Å²) >= 11 is 0. The third-order valence-electron chi connectivity index (χ3n) is 4.87. The molecule has 0 fully saturated rings. The number of hydrogen-bond acceptors (Lipinski definition) is 5. The van der Waals surface area contributed by atoms with Gasteiger partial charge in [-0.3, -0.25) is 0 Å². The average Bonchev–Trinajstić information content (AvgIpc) is 2.93. The Bertz CT molecular complexity index is 670. The van der Waals surface area contributed by atoms with Gasteiger partial charge in [0, 0.05) is 12.1 Å². The zero-order valence-electron chi connectivity index (χ0n) is 16.5. The van der Waals surface area contributed by atoms with Crippen LogP contribution in [0.25, 0.3) is 11.2 Å². The summed E-state index contributed by atoms with van der Waals surface area (Å²) in [6.45, 7) is 11.0. The Hall–Kier alpha value is -1.69. The number of nitrogens with zero attached hydrogens (tertiary/aromatic N) is 5. The fourth-order valence-corrected chi connectivity index (χ4v) is 2.93. The SMILES string of the molecule is CCCCCc1nc(N)nc2ncn(CCCCN(C)C(C)(C)C)c12. The van der Waals surface area contributed by atoms with Crippen molar-refractivity contribution < 1.29 is 0 Å². The number of imidazole rings is 1. The molecule has 0 aliphatic rings. The van der Waals surface area contributed by atoms with Gasteiger partial charge in [0.2, 0.25) is 5.95 Å². The van der Waals surface area contributed by atoms with Crippen molar-refractivity contribution in [2.24, 2.45) is 0 Å². The summed E-state index contributed by atoms with van der Waals surface area (Å²) in [4.78, 5) is 15.6. The van der Waals surface area contributed by atoms with Crippen molar-refractivity contribution in [3.8, 4) is 0 Å². The van der Waals surface area contributed by atoms with Crippen molar-refractivity contribution in [3.63, 3.8) is 0 Å². The Morgan fingerprint density at radius 1 is 1.12 bits per heavy atom. The molecule has 0 radical (unpaired) electrons. The Morgan fingerprint density at radius 2 is 1.88 bits per heavy atom. The van der Waals surface area contributed by atoms with E-state index in [0.29, 0.717) is 5.95 Å². The van der Waals surface area contributed by atoms with E-state index in [0.717, 1.165) is 55.6 Å². The van der Waals surface area contributed by atoms with Crippen LogP contribution in [0.5, 0.6) is 0 Å². The van der Waals surface area contributed by atoms with Gasteiger partial charge in [-0.25, -0.2) is 9.97 Å². The van der Waals surface area contributed by atoms with Gasteiger partial charge in [-0.15, -0.1) is 0 Å². The highest BCUT2D eigenvalue weighted by Gasteiger charge is 2.16. The minimum Gasteiger partial charge on any atom is -0.368 e. The smallest absolute Gasteiger partial charge is 0.222 e. The summed E-state index contributed by atoms with van der Waals surface area (Å²) in [6.07, 6.45) is 8.64. The van der Waals surface area contributed by atoms with Gasteiger partial charge in [0.05, 0.1) is 12.0 Å². The summed E-state index contributed by atoms with van der Waals surface area (Å²) in [7, 11) is 2.19. The number of nitrogen functional groups attached to an aromatic ring is 1. The minimum atomic E-state index is 0.222. The van der Waals surface area contributed by atoms with Crippen LogP contribution in [0.2, 0.25) is 0 Å². The first-order chi connectivity index (χ1) is 11.8. The molecule has 2 aromatic heterocycles. The summed E-state index contributed by atoms with van der Waals surface area (Å²) in [6, 6.07) is 0. The molecule has 6 nitrogen and oxygen atoms in total. The van der Waals surface area contributed by atoms with E-state index in [1.165, 1.54) is 12.8 Å². The molecule has 140 valence electrons. The number of aryl methyl sites for hydroxylation is 2. The van der Waals surface area contributed by atoms with Crippen molar-refractivity contribution in [3.05, 3.63) is 12.0 Å². The van der Waals surface area contributed by atoms with Crippen molar-refractivity contribution in [1.29, 1.82) is 0 Å². The molecular weight excluding hydrogens is 312 g/mol. The number of unbranched alkanes of at least 4 members (excludes halogenated alkanes) is 3. The molecule has 0 unspecified atom stereocenters. The molecule has 0 aliphatic heterocycles. The maximum atomic E-state index is 5.86. The summed E-state index contributed by atoms with van der Waals surface area (Å²) in [5, 5.41) is 0. The molecule has 2 N–H and O–H groups in total. The van der Waals surface area contributed by atoms with Crippen molar-refractivity contribution in [2.45, 2.75) is 78.3 Å². The first-order valence-electron chi connectivity index (χ1n) is 9.51. The molecule has 0 aliphatic carbocycles. The van der Waals surface area contributed by atoms with Crippen molar-refractivity contribution in [1.82, 2.24) is 24.4 Å². The van der Waals surface area contributed by atoms with E-state index in [2.05, 4.69) is 59.2 Å². The highest BCUT2D eigenvalue weighted by Crippen LogP contribution is 2.19. The number of anilines is 1. The summed E-state index contributed by atoms with van der Waals surface area (Å²) < 4.78 is 2.20. The van der Waals surface area contributed by atoms with E-state index in [-0.39, 0.29) is 5.54 Å². The number of rotatable bonds is 9. The molecule has 0 bridgehead atoms. The third kappa shape index (κ3) is 5.39. The van der Waals surface area contributed by atoms with Crippen LogP contribution < -0.4 is 5.73 Å². The van der Waals surface area contributed by atoms with E-state index >= 15 is 0 Å². The molecule has 6 heteroatoms. The summed E-state index contributed by atoms with van der Waals surface area (Å²) in [5.74, 6) is 0.330. The predicted octanol–water partition coefficient (Wildman–Crippen LogP) is 3.65. The van der Waals surface area contributed by atoms with Crippen molar-refractivity contribution >= 4 is 17.1 Å².